The zero-order chi connectivity index (χ0) is 21.3. The topological polar surface area (TPSA) is 64.8 Å². The van der Waals surface area contributed by atoms with Gasteiger partial charge in [-0.1, -0.05) is 18.0 Å². The maximum absolute atomic E-state index is 13.4. The highest BCUT2D eigenvalue weighted by Gasteiger charge is 2.36. The van der Waals surface area contributed by atoms with E-state index in [0.29, 0.717) is 11.7 Å². The lowest BCUT2D eigenvalue weighted by Crippen LogP contribution is -2.43. The molecule has 0 saturated heterocycles. The summed E-state index contributed by atoms with van der Waals surface area (Å²) in [6.07, 6.45) is 6.87. The molecule has 6 nitrogen and oxygen atoms in total. The smallest absolute Gasteiger partial charge is 0.226 e. The van der Waals surface area contributed by atoms with Gasteiger partial charge in [0.2, 0.25) is 5.91 Å². The molecule has 162 valence electrons. The molecule has 1 unspecified atom stereocenters. The summed E-state index contributed by atoms with van der Waals surface area (Å²) in [5, 5.41) is 4.10. The van der Waals surface area contributed by atoms with Gasteiger partial charge in [-0.2, -0.15) is 0 Å². The van der Waals surface area contributed by atoms with Crippen molar-refractivity contribution < 1.29 is 18.8 Å². The highest BCUT2D eigenvalue weighted by molar-refractivity contribution is 5.80. The Morgan fingerprint density at radius 3 is 2.50 bits per heavy atom. The fourth-order valence-electron chi connectivity index (χ4n) is 5.15. The summed E-state index contributed by atoms with van der Waals surface area (Å²) in [7, 11) is 3.32. The fourth-order valence-corrected chi connectivity index (χ4v) is 5.15. The van der Waals surface area contributed by atoms with Gasteiger partial charge < -0.3 is 18.9 Å². The Bertz CT molecular complexity index is 895. The third kappa shape index (κ3) is 3.80. The van der Waals surface area contributed by atoms with E-state index in [1.807, 2.05) is 13.8 Å². The van der Waals surface area contributed by atoms with Gasteiger partial charge in [0.15, 0.2) is 11.5 Å². The van der Waals surface area contributed by atoms with Gasteiger partial charge in [-0.05, 0) is 69.2 Å². The van der Waals surface area contributed by atoms with E-state index < -0.39 is 0 Å². The van der Waals surface area contributed by atoms with Crippen LogP contribution in [0.2, 0.25) is 0 Å². The number of ether oxygens (including phenoxy) is 2. The monoisotopic (exact) mass is 412 g/mol. The van der Waals surface area contributed by atoms with Gasteiger partial charge in [0.25, 0.3) is 0 Å². The molecule has 0 radical (unpaired) electrons. The number of methoxy groups -OCH3 is 2. The zero-order valence-electron chi connectivity index (χ0n) is 18.5. The summed E-state index contributed by atoms with van der Waals surface area (Å²) < 4.78 is 16.5. The second-order valence-corrected chi connectivity index (χ2v) is 8.53. The molecule has 1 aliphatic heterocycles. The van der Waals surface area contributed by atoms with Crippen molar-refractivity contribution in [3.63, 3.8) is 0 Å². The minimum absolute atomic E-state index is 0.0235. The van der Waals surface area contributed by atoms with Crippen LogP contribution in [-0.2, 0) is 17.6 Å². The number of carbonyl (C=O) groups excluding carboxylic acids is 1. The lowest BCUT2D eigenvalue weighted by molar-refractivity contribution is -0.138. The number of aromatic nitrogens is 1. The molecule has 1 aliphatic carbocycles. The van der Waals surface area contributed by atoms with E-state index >= 15 is 0 Å². The average Bonchev–Trinajstić information content (AvgIpc) is 3.41. The standard InChI is InChI=1S/C24H32N2O4/c1-15-19(16(2)30-25-15)9-10-21-20-14-23(29-4)22(28-3)13-18(20)11-12-26(21)24(27)17-7-5-6-8-17/h13-14,17,21H,5-12H2,1-4H3. The summed E-state index contributed by atoms with van der Waals surface area (Å²) in [6, 6.07) is 4.17. The average molecular weight is 413 g/mol. The van der Waals surface area contributed by atoms with Crippen LogP contribution in [0.3, 0.4) is 0 Å². The first kappa shape index (κ1) is 20.8. The highest BCUT2D eigenvalue weighted by atomic mass is 16.5. The van der Waals surface area contributed by atoms with Gasteiger partial charge in [0.05, 0.1) is 26.0 Å². The SMILES string of the molecule is COc1cc2c(cc1OC)C(CCc1c(C)noc1C)N(C(=O)C1CCCC1)CC2. The molecular formula is C24H32N2O4. The van der Waals surface area contributed by atoms with Gasteiger partial charge in [0.1, 0.15) is 5.76 Å². The van der Waals surface area contributed by atoms with E-state index in [-0.39, 0.29) is 12.0 Å². The molecule has 4 rings (SSSR count). The third-order valence-electron chi connectivity index (χ3n) is 6.84. The number of amides is 1. The normalized spacial score (nSPS) is 19.1. The number of hydrogen-bond acceptors (Lipinski definition) is 5. The van der Waals surface area contributed by atoms with Crippen molar-refractivity contribution in [3.05, 3.63) is 40.3 Å². The molecule has 0 bridgehead atoms. The van der Waals surface area contributed by atoms with Crippen LogP contribution < -0.4 is 9.47 Å². The van der Waals surface area contributed by atoms with Crippen LogP contribution >= 0.6 is 0 Å². The van der Waals surface area contributed by atoms with Crippen LogP contribution in [0.15, 0.2) is 16.7 Å². The van der Waals surface area contributed by atoms with Gasteiger partial charge in [-0.3, -0.25) is 4.79 Å². The molecule has 2 heterocycles. The summed E-state index contributed by atoms with van der Waals surface area (Å²) in [4.78, 5) is 15.6. The van der Waals surface area contributed by atoms with E-state index in [2.05, 4.69) is 22.2 Å². The minimum Gasteiger partial charge on any atom is -0.493 e. The van der Waals surface area contributed by atoms with Crippen molar-refractivity contribution in [2.75, 3.05) is 20.8 Å². The van der Waals surface area contributed by atoms with E-state index in [1.54, 1.807) is 14.2 Å². The van der Waals surface area contributed by atoms with Gasteiger partial charge in [0, 0.05) is 18.0 Å². The molecule has 1 fully saturated rings. The summed E-state index contributed by atoms with van der Waals surface area (Å²) in [5.74, 6) is 2.82. The summed E-state index contributed by atoms with van der Waals surface area (Å²) >= 11 is 0. The molecule has 2 aliphatic rings. The predicted octanol–water partition coefficient (Wildman–Crippen LogP) is 4.56. The number of aryl methyl sites for hydroxylation is 2. The van der Waals surface area contributed by atoms with E-state index in [9.17, 15) is 4.79 Å². The predicted molar refractivity (Wildman–Crippen MR) is 114 cm³/mol. The molecule has 1 amide bonds. The number of rotatable bonds is 6. The summed E-state index contributed by atoms with van der Waals surface area (Å²) in [6.45, 7) is 4.69. The Morgan fingerprint density at radius 1 is 1.17 bits per heavy atom. The number of carbonyl (C=O) groups is 1. The highest BCUT2D eigenvalue weighted by Crippen LogP contribution is 2.41. The molecule has 1 atom stereocenters. The van der Waals surface area contributed by atoms with Gasteiger partial charge in [-0.15, -0.1) is 0 Å². The van der Waals surface area contributed by atoms with Crippen LogP contribution in [0, 0.1) is 19.8 Å². The first-order valence-electron chi connectivity index (χ1n) is 11.0. The van der Waals surface area contributed by atoms with E-state index in [4.69, 9.17) is 14.0 Å². The molecule has 6 heteroatoms. The zero-order valence-corrected chi connectivity index (χ0v) is 18.5. The van der Waals surface area contributed by atoms with Crippen molar-refractivity contribution in [2.45, 2.75) is 64.8 Å². The molecule has 0 N–H and O–H groups in total. The Balaban J connectivity index is 1.68. The van der Waals surface area contributed by atoms with E-state index in [1.165, 1.54) is 11.1 Å². The Labute approximate surface area is 178 Å². The molecule has 2 aromatic rings. The van der Waals surface area contributed by atoms with Gasteiger partial charge in [-0.25, -0.2) is 0 Å². The molecular weight excluding hydrogens is 380 g/mol. The van der Waals surface area contributed by atoms with Crippen LogP contribution in [0.4, 0.5) is 0 Å². The van der Waals surface area contributed by atoms with Crippen molar-refractivity contribution >= 4 is 5.91 Å². The number of hydrogen-bond donors (Lipinski definition) is 0. The Hall–Kier alpha value is -2.50. The van der Waals surface area contributed by atoms with Gasteiger partial charge >= 0.3 is 0 Å². The van der Waals surface area contributed by atoms with Crippen LogP contribution in [0.1, 0.15) is 66.3 Å². The van der Waals surface area contributed by atoms with Crippen LogP contribution in [0.5, 0.6) is 11.5 Å². The Morgan fingerprint density at radius 2 is 1.87 bits per heavy atom. The maximum Gasteiger partial charge on any atom is 0.226 e. The first-order chi connectivity index (χ1) is 14.5. The van der Waals surface area contributed by atoms with Crippen molar-refractivity contribution in [2.24, 2.45) is 5.92 Å². The largest absolute Gasteiger partial charge is 0.493 e. The number of benzene rings is 1. The second kappa shape index (κ2) is 8.70. The fraction of sp³-hybridized carbons (Fsp3) is 0.583. The quantitative estimate of drug-likeness (QED) is 0.696. The minimum atomic E-state index is 0.0235. The summed E-state index contributed by atoms with van der Waals surface area (Å²) in [5.41, 5.74) is 4.50. The van der Waals surface area contributed by atoms with Crippen LogP contribution in [-0.4, -0.2) is 36.7 Å². The molecule has 0 spiro atoms. The maximum atomic E-state index is 13.4. The first-order valence-corrected chi connectivity index (χ1v) is 11.0. The van der Waals surface area contributed by atoms with Crippen molar-refractivity contribution in [1.29, 1.82) is 0 Å². The lowest BCUT2D eigenvalue weighted by atomic mass is 9.87. The molecule has 30 heavy (non-hydrogen) atoms. The van der Waals surface area contributed by atoms with Crippen LogP contribution in [0.25, 0.3) is 0 Å². The Kier molecular flexibility index (Phi) is 6.02. The molecule has 1 aromatic heterocycles. The third-order valence-corrected chi connectivity index (χ3v) is 6.84. The second-order valence-electron chi connectivity index (χ2n) is 8.53. The number of fused-ring (bicyclic) bond motifs is 1. The molecule has 1 aromatic carbocycles. The van der Waals surface area contributed by atoms with Crippen molar-refractivity contribution in [1.82, 2.24) is 10.1 Å². The van der Waals surface area contributed by atoms with Crippen molar-refractivity contribution in [3.8, 4) is 11.5 Å². The molecule has 1 saturated carbocycles. The van der Waals surface area contributed by atoms with E-state index in [0.717, 1.165) is 74.3 Å². The number of nitrogens with zero attached hydrogens (tertiary/aromatic N) is 2. The lowest BCUT2D eigenvalue weighted by Gasteiger charge is -2.39.